The minimum Gasteiger partial charge on any atom is -0.380 e. The predicted molar refractivity (Wildman–Crippen MR) is 50.6 cm³/mol. The van der Waals surface area contributed by atoms with Crippen LogP contribution in [-0.4, -0.2) is 11.2 Å². The molecule has 0 heterocycles. The lowest BCUT2D eigenvalue weighted by atomic mass is 9.67. The van der Waals surface area contributed by atoms with Crippen LogP contribution in [0, 0.1) is 23.7 Å². The first kappa shape index (κ1) is 9.61. The van der Waals surface area contributed by atoms with Gasteiger partial charge in [-0.25, -0.2) is 0 Å². The summed E-state index contributed by atoms with van der Waals surface area (Å²) in [5, 5.41) is 9.58. The van der Waals surface area contributed by atoms with Gasteiger partial charge in [0.25, 0.3) is 0 Å². The lowest BCUT2D eigenvalue weighted by Gasteiger charge is -2.39. The minimum absolute atomic E-state index is 0.226. The van der Waals surface area contributed by atoms with Gasteiger partial charge in [-0.1, -0.05) is 32.6 Å². The Morgan fingerprint density at radius 1 is 1.50 bits per heavy atom. The third kappa shape index (κ3) is 1.81. The lowest BCUT2D eigenvalue weighted by molar-refractivity contribution is 0.0375. The number of hydrogen-bond acceptors (Lipinski definition) is 1. The highest BCUT2D eigenvalue weighted by atomic mass is 16.3. The van der Waals surface area contributed by atoms with Crippen LogP contribution in [0.15, 0.2) is 0 Å². The van der Waals surface area contributed by atoms with Crippen LogP contribution in [0.2, 0.25) is 0 Å². The fourth-order valence-corrected chi connectivity index (χ4v) is 2.22. The summed E-state index contributed by atoms with van der Waals surface area (Å²) >= 11 is 0. The molecule has 1 aliphatic carbocycles. The van der Waals surface area contributed by atoms with E-state index in [0.29, 0.717) is 5.92 Å². The molecule has 68 valence electrons. The van der Waals surface area contributed by atoms with E-state index in [9.17, 15) is 5.11 Å². The zero-order chi connectivity index (χ0) is 9.19. The average molecular weight is 166 g/mol. The first-order valence-corrected chi connectivity index (χ1v) is 4.72. The Labute approximate surface area is 75.2 Å². The molecule has 2 unspecified atom stereocenters. The van der Waals surface area contributed by atoms with Crippen LogP contribution in [0.25, 0.3) is 0 Å². The van der Waals surface area contributed by atoms with Gasteiger partial charge < -0.3 is 5.11 Å². The first-order chi connectivity index (χ1) is 5.58. The second-order valence-corrected chi connectivity index (χ2v) is 4.45. The second-order valence-electron chi connectivity index (χ2n) is 4.45. The summed E-state index contributed by atoms with van der Waals surface area (Å²) in [6.45, 7) is 4.41. The van der Waals surface area contributed by atoms with Crippen molar-refractivity contribution < 1.29 is 5.11 Å². The Morgan fingerprint density at radius 2 is 2.17 bits per heavy atom. The number of rotatable bonds is 1. The van der Waals surface area contributed by atoms with Gasteiger partial charge in [0, 0.05) is 5.92 Å². The maximum Gasteiger partial charge on any atom is 0.117 e. The monoisotopic (exact) mass is 166 g/mol. The third-order valence-electron chi connectivity index (χ3n) is 3.14. The van der Waals surface area contributed by atoms with Crippen molar-refractivity contribution in [2.75, 3.05) is 0 Å². The number of aliphatic hydroxyl groups excluding tert-OH is 1. The summed E-state index contributed by atoms with van der Waals surface area (Å²) in [7, 11) is 0. The molecule has 0 bridgehead atoms. The van der Waals surface area contributed by atoms with Crippen LogP contribution in [-0.2, 0) is 0 Å². The molecule has 0 radical (unpaired) electrons. The van der Waals surface area contributed by atoms with Gasteiger partial charge in [-0.2, -0.15) is 0 Å². The van der Waals surface area contributed by atoms with Crippen LogP contribution in [0.1, 0.15) is 39.5 Å². The van der Waals surface area contributed by atoms with Crippen molar-refractivity contribution >= 4 is 0 Å². The van der Waals surface area contributed by atoms with Crippen LogP contribution in [0.3, 0.4) is 0 Å². The molecular weight excluding hydrogens is 148 g/mol. The van der Waals surface area contributed by atoms with Gasteiger partial charge in [0.1, 0.15) is 6.10 Å². The fraction of sp³-hybridized carbons (Fsp3) is 0.818. The van der Waals surface area contributed by atoms with Crippen molar-refractivity contribution in [2.24, 2.45) is 11.3 Å². The van der Waals surface area contributed by atoms with Crippen molar-refractivity contribution in [2.45, 2.75) is 45.6 Å². The van der Waals surface area contributed by atoms with Gasteiger partial charge in [0.2, 0.25) is 0 Å². The van der Waals surface area contributed by atoms with E-state index in [1.165, 1.54) is 19.3 Å². The number of hydrogen-bond donors (Lipinski definition) is 1. The van der Waals surface area contributed by atoms with E-state index in [0.717, 1.165) is 6.42 Å². The zero-order valence-electron chi connectivity index (χ0n) is 8.01. The van der Waals surface area contributed by atoms with E-state index in [1.54, 1.807) is 0 Å². The number of aliphatic hydroxyl groups is 1. The molecule has 2 atom stereocenters. The summed E-state index contributed by atoms with van der Waals surface area (Å²) in [6.07, 6.45) is 9.45. The van der Waals surface area contributed by atoms with Gasteiger partial charge in [-0.15, -0.1) is 6.42 Å². The largest absolute Gasteiger partial charge is 0.380 e. The van der Waals surface area contributed by atoms with Crippen molar-refractivity contribution in [1.82, 2.24) is 0 Å². The molecule has 0 spiro atoms. The molecule has 1 rings (SSSR count). The average Bonchev–Trinajstić information content (AvgIpc) is 2.02. The maximum absolute atomic E-state index is 9.58. The van der Waals surface area contributed by atoms with Crippen LogP contribution in [0.5, 0.6) is 0 Å². The molecule has 1 heteroatoms. The Morgan fingerprint density at radius 3 is 2.67 bits per heavy atom. The van der Waals surface area contributed by atoms with E-state index < -0.39 is 6.10 Å². The van der Waals surface area contributed by atoms with E-state index in [1.807, 2.05) is 0 Å². The quantitative estimate of drug-likeness (QED) is 0.592. The van der Waals surface area contributed by atoms with Crippen LogP contribution in [0.4, 0.5) is 0 Å². The molecule has 1 aliphatic rings. The summed E-state index contributed by atoms with van der Waals surface area (Å²) in [6, 6.07) is 0. The molecule has 0 saturated heterocycles. The molecular formula is C11H18O. The van der Waals surface area contributed by atoms with Crippen molar-refractivity contribution in [3.05, 3.63) is 0 Å². The molecule has 0 aliphatic heterocycles. The summed E-state index contributed by atoms with van der Waals surface area (Å²) in [4.78, 5) is 0. The number of terminal acetylenes is 1. The highest BCUT2D eigenvalue weighted by Gasteiger charge is 2.35. The normalized spacial score (nSPS) is 30.7. The maximum atomic E-state index is 9.58. The van der Waals surface area contributed by atoms with Gasteiger partial charge in [0.05, 0.1) is 0 Å². The Bertz CT molecular complexity index is 188. The van der Waals surface area contributed by atoms with Crippen molar-refractivity contribution in [3.8, 4) is 12.3 Å². The van der Waals surface area contributed by atoms with E-state index >= 15 is 0 Å². The van der Waals surface area contributed by atoms with E-state index in [-0.39, 0.29) is 5.41 Å². The summed E-state index contributed by atoms with van der Waals surface area (Å²) in [5.74, 6) is 2.75. The second kappa shape index (κ2) is 3.49. The standard InChI is InChI=1S/C11H18O/c1-4-10(12)9-7-5-6-8-11(9,2)3/h1,9-10,12H,5-8H2,2-3H3. The Hall–Kier alpha value is -0.480. The lowest BCUT2D eigenvalue weighted by Crippen LogP contribution is -2.35. The van der Waals surface area contributed by atoms with Gasteiger partial charge >= 0.3 is 0 Å². The SMILES string of the molecule is C#CC(O)C1CCCCC1(C)C. The first-order valence-electron chi connectivity index (χ1n) is 4.72. The molecule has 1 N–H and O–H groups in total. The molecule has 0 amide bonds. The molecule has 1 nitrogen and oxygen atoms in total. The third-order valence-corrected chi connectivity index (χ3v) is 3.14. The molecule has 12 heavy (non-hydrogen) atoms. The van der Waals surface area contributed by atoms with E-state index in [4.69, 9.17) is 6.42 Å². The molecule has 1 saturated carbocycles. The molecule has 0 aromatic rings. The molecule has 0 aromatic heterocycles. The van der Waals surface area contributed by atoms with E-state index in [2.05, 4.69) is 19.8 Å². The molecule has 1 fully saturated rings. The Kier molecular flexibility index (Phi) is 2.80. The van der Waals surface area contributed by atoms with Crippen LogP contribution >= 0.6 is 0 Å². The minimum atomic E-state index is -0.541. The molecule has 0 aromatic carbocycles. The highest BCUT2D eigenvalue weighted by molar-refractivity contribution is 5.01. The summed E-state index contributed by atoms with van der Waals surface area (Å²) < 4.78 is 0. The zero-order valence-corrected chi connectivity index (χ0v) is 8.01. The van der Waals surface area contributed by atoms with Gasteiger partial charge in [-0.3, -0.25) is 0 Å². The van der Waals surface area contributed by atoms with Crippen molar-refractivity contribution in [1.29, 1.82) is 0 Å². The predicted octanol–water partition coefficient (Wildman–Crippen LogP) is 2.20. The smallest absolute Gasteiger partial charge is 0.117 e. The topological polar surface area (TPSA) is 20.2 Å². The van der Waals surface area contributed by atoms with Gasteiger partial charge in [-0.05, 0) is 18.3 Å². The fourth-order valence-electron chi connectivity index (χ4n) is 2.22. The van der Waals surface area contributed by atoms with Crippen LogP contribution < -0.4 is 0 Å². The Balaban J connectivity index is 2.67. The van der Waals surface area contributed by atoms with Crippen molar-refractivity contribution in [3.63, 3.8) is 0 Å². The highest BCUT2D eigenvalue weighted by Crippen LogP contribution is 2.42. The summed E-state index contributed by atoms with van der Waals surface area (Å²) in [5.41, 5.74) is 0.226. The van der Waals surface area contributed by atoms with Gasteiger partial charge in [0.15, 0.2) is 0 Å².